The molecule has 0 saturated carbocycles. The maximum absolute atomic E-state index is 14.9. The number of aromatic nitrogens is 4. The quantitative estimate of drug-likeness (QED) is 0.298. The fourth-order valence-corrected chi connectivity index (χ4v) is 4.69. The molecular formula is C25H25F4N7O3. The summed E-state index contributed by atoms with van der Waals surface area (Å²) in [6.45, 7) is 0.257. The van der Waals surface area contributed by atoms with Crippen molar-refractivity contribution in [2.75, 3.05) is 30.8 Å². The molecule has 4 heterocycles. The number of nitrogen functional groups attached to an aromatic ring is 1. The van der Waals surface area contributed by atoms with E-state index in [1.165, 1.54) is 36.2 Å². The van der Waals surface area contributed by atoms with Crippen LogP contribution >= 0.6 is 0 Å². The van der Waals surface area contributed by atoms with Crippen molar-refractivity contribution >= 4 is 17.2 Å². The standard InChI is InChI=1S/C25H25F4N7O3/c1-38-18-8-14(26)13(7-15(18)27)16-9-19(39-20-11-34-24-23(30)32-4-6-36(20)24)17(10-33-16)35-5-2-3-25(31,12-35)21(37)22(28)29/h4,6-11,21-22,37H,2-3,5,12,31H2,1H3,(H2,30,32)/t21-,25+/m1/s1. The normalized spacial score (nSPS) is 18.5. The van der Waals surface area contributed by atoms with Crippen LogP contribution in [0, 0.1) is 11.6 Å². The van der Waals surface area contributed by atoms with Crippen LogP contribution in [0.15, 0.2) is 43.0 Å². The minimum absolute atomic E-state index is 0.0337. The zero-order valence-corrected chi connectivity index (χ0v) is 20.7. The van der Waals surface area contributed by atoms with Crippen molar-refractivity contribution in [2.45, 2.75) is 30.9 Å². The molecule has 1 fully saturated rings. The van der Waals surface area contributed by atoms with Crippen molar-refractivity contribution in [2.24, 2.45) is 5.73 Å². The number of nitrogens with two attached hydrogens (primary N) is 2. The van der Waals surface area contributed by atoms with Crippen LogP contribution in [0.4, 0.5) is 29.1 Å². The summed E-state index contributed by atoms with van der Waals surface area (Å²) in [4.78, 5) is 14.2. The van der Waals surface area contributed by atoms with Gasteiger partial charge in [0.05, 0.1) is 36.4 Å². The molecular weight excluding hydrogens is 522 g/mol. The van der Waals surface area contributed by atoms with Gasteiger partial charge in [0.2, 0.25) is 5.88 Å². The summed E-state index contributed by atoms with van der Waals surface area (Å²) >= 11 is 0. The lowest BCUT2D eigenvalue weighted by molar-refractivity contribution is -0.0529. The van der Waals surface area contributed by atoms with Gasteiger partial charge in [0, 0.05) is 43.2 Å². The topological polar surface area (TPSA) is 137 Å². The molecule has 4 aromatic rings. The van der Waals surface area contributed by atoms with E-state index in [4.69, 9.17) is 20.9 Å². The van der Waals surface area contributed by atoms with Crippen molar-refractivity contribution in [3.63, 3.8) is 0 Å². The highest BCUT2D eigenvalue weighted by Gasteiger charge is 2.43. The van der Waals surface area contributed by atoms with Crippen LogP contribution in [0.3, 0.4) is 0 Å². The van der Waals surface area contributed by atoms with Gasteiger partial charge < -0.3 is 30.9 Å². The van der Waals surface area contributed by atoms with Crippen molar-refractivity contribution in [1.29, 1.82) is 0 Å². The van der Waals surface area contributed by atoms with Gasteiger partial charge >= 0.3 is 0 Å². The zero-order chi connectivity index (χ0) is 27.9. The van der Waals surface area contributed by atoms with Crippen molar-refractivity contribution in [3.8, 4) is 28.6 Å². The van der Waals surface area contributed by atoms with Crippen LogP contribution in [0.2, 0.25) is 0 Å². The Balaban J connectivity index is 1.60. The highest BCUT2D eigenvalue weighted by atomic mass is 19.3. The van der Waals surface area contributed by atoms with E-state index in [-0.39, 0.29) is 47.4 Å². The first-order chi connectivity index (χ1) is 18.6. The molecule has 3 aromatic heterocycles. The number of fused-ring (bicyclic) bond motifs is 1. The first kappa shape index (κ1) is 26.4. The van der Waals surface area contributed by atoms with E-state index in [1.807, 2.05) is 0 Å². The maximum Gasteiger partial charge on any atom is 0.265 e. The van der Waals surface area contributed by atoms with E-state index in [0.29, 0.717) is 24.3 Å². The van der Waals surface area contributed by atoms with Crippen LogP contribution in [-0.4, -0.2) is 62.7 Å². The number of nitrogens with zero attached hydrogens (tertiary/aromatic N) is 5. The number of imidazole rings is 1. The third-order valence-corrected chi connectivity index (χ3v) is 6.72. The highest BCUT2D eigenvalue weighted by molar-refractivity contribution is 5.69. The fourth-order valence-electron chi connectivity index (χ4n) is 4.69. The Morgan fingerprint density at radius 1 is 1.08 bits per heavy atom. The van der Waals surface area contributed by atoms with Gasteiger partial charge in [-0.2, -0.15) is 0 Å². The van der Waals surface area contributed by atoms with Crippen LogP contribution in [-0.2, 0) is 0 Å². The summed E-state index contributed by atoms with van der Waals surface area (Å²) in [5.74, 6) is -1.36. The molecule has 5 rings (SSSR count). The fraction of sp³-hybridized carbons (Fsp3) is 0.320. The number of aliphatic hydroxyl groups is 1. The number of benzene rings is 1. The van der Waals surface area contributed by atoms with E-state index < -0.39 is 29.7 Å². The number of ether oxygens (including phenoxy) is 2. The number of piperidine rings is 1. The molecule has 5 N–H and O–H groups in total. The number of hydrogen-bond acceptors (Lipinski definition) is 9. The van der Waals surface area contributed by atoms with E-state index >= 15 is 0 Å². The Morgan fingerprint density at radius 2 is 1.87 bits per heavy atom. The monoisotopic (exact) mass is 547 g/mol. The van der Waals surface area contributed by atoms with Gasteiger partial charge in [0.25, 0.3) is 6.43 Å². The van der Waals surface area contributed by atoms with Gasteiger partial charge in [0.1, 0.15) is 11.9 Å². The second-order valence-electron chi connectivity index (χ2n) is 9.25. The van der Waals surface area contributed by atoms with Gasteiger partial charge in [-0.15, -0.1) is 0 Å². The second-order valence-corrected chi connectivity index (χ2v) is 9.25. The molecule has 0 aliphatic carbocycles. The number of alkyl halides is 2. The van der Waals surface area contributed by atoms with Gasteiger partial charge in [-0.3, -0.25) is 9.38 Å². The Kier molecular flexibility index (Phi) is 6.91. The first-order valence-corrected chi connectivity index (χ1v) is 11.9. The molecule has 0 unspecified atom stereocenters. The third-order valence-electron chi connectivity index (χ3n) is 6.72. The number of rotatable bonds is 7. The Morgan fingerprint density at radius 3 is 2.62 bits per heavy atom. The van der Waals surface area contributed by atoms with Gasteiger partial charge in [0.15, 0.2) is 28.8 Å². The van der Waals surface area contributed by atoms with Crippen LogP contribution in [0.1, 0.15) is 12.8 Å². The number of methoxy groups -OCH3 is 1. The molecule has 10 nitrogen and oxygen atoms in total. The highest BCUT2D eigenvalue weighted by Crippen LogP contribution is 2.39. The predicted molar refractivity (Wildman–Crippen MR) is 134 cm³/mol. The lowest BCUT2D eigenvalue weighted by Gasteiger charge is -2.43. The Labute approximate surface area is 219 Å². The Hall–Kier alpha value is -4.17. The van der Waals surface area contributed by atoms with Gasteiger partial charge in [-0.1, -0.05) is 0 Å². The Bertz CT molecular complexity index is 1520. The summed E-state index contributed by atoms with van der Waals surface area (Å²) in [5, 5.41) is 10.1. The summed E-state index contributed by atoms with van der Waals surface area (Å²) < 4.78 is 68.6. The van der Waals surface area contributed by atoms with E-state index in [1.54, 1.807) is 11.1 Å². The van der Waals surface area contributed by atoms with Crippen molar-refractivity contribution in [1.82, 2.24) is 19.4 Å². The lowest BCUT2D eigenvalue weighted by atomic mass is 9.84. The minimum atomic E-state index is -3.03. The average molecular weight is 548 g/mol. The summed E-state index contributed by atoms with van der Waals surface area (Å²) in [6.07, 6.45) is 1.26. The van der Waals surface area contributed by atoms with Crippen molar-refractivity contribution < 1.29 is 32.1 Å². The molecule has 1 aliphatic heterocycles. The van der Waals surface area contributed by atoms with Gasteiger partial charge in [-0.25, -0.2) is 27.5 Å². The van der Waals surface area contributed by atoms with E-state index in [9.17, 15) is 22.7 Å². The number of anilines is 2. The smallest absolute Gasteiger partial charge is 0.265 e. The predicted octanol–water partition coefficient (Wildman–Crippen LogP) is 3.38. The molecule has 1 saturated heterocycles. The molecule has 0 bridgehead atoms. The third kappa shape index (κ3) is 4.88. The maximum atomic E-state index is 14.9. The molecule has 2 atom stereocenters. The van der Waals surface area contributed by atoms with Gasteiger partial charge in [-0.05, 0) is 18.9 Å². The van der Waals surface area contributed by atoms with Crippen LogP contribution in [0.25, 0.3) is 16.9 Å². The van der Waals surface area contributed by atoms with E-state index in [2.05, 4.69) is 15.0 Å². The number of aliphatic hydroxyl groups excluding tert-OH is 1. The van der Waals surface area contributed by atoms with Crippen LogP contribution < -0.4 is 25.8 Å². The molecule has 0 radical (unpaired) electrons. The minimum Gasteiger partial charge on any atom is -0.494 e. The SMILES string of the molecule is COc1cc(F)c(-c2cc(Oc3cnc4c(N)nccn34)c(N3CCC[C@@](N)([C@H](O)C(F)F)C3)cn2)cc1F. The number of halogens is 4. The zero-order valence-electron chi connectivity index (χ0n) is 20.7. The van der Waals surface area contributed by atoms with E-state index in [0.717, 1.165) is 12.1 Å². The van der Waals surface area contributed by atoms with Crippen LogP contribution in [0.5, 0.6) is 17.4 Å². The molecule has 206 valence electrons. The molecule has 1 aromatic carbocycles. The largest absolute Gasteiger partial charge is 0.494 e. The average Bonchev–Trinajstić information content (AvgIpc) is 3.33. The molecule has 0 spiro atoms. The molecule has 1 aliphatic rings. The number of pyridine rings is 1. The molecule has 39 heavy (non-hydrogen) atoms. The summed E-state index contributed by atoms with van der Waals surface area (Å²) in [6, 6.07) is 3.24. The second kappa shape index (κ2) is 10.2. The molecule has 0 amide bonds. The van der Waals surface area contributed by atoms with Crippen molar-refractivity contribution in [3.05, 3.63) is 54.6 Å². The number of hydrogen-bond donors (Lipinski definition) is 3. The summed E-state index contributed by atoms with van der Waals surface area (Å²) in [7, 11) is 1.22. The lowest BCUT2D eigenvalue weighted by Crippen LogP contribution is -2.63. The summed E-state index contributed by atoms with van der Waals surface area (Å²) in [5.41, 5.74) is 11.1. The molecule has 14 heteroatoms. The first-order valence-electron chi connectivity index (χ1n) is 11.9.